The van der Waals surface area contributed by atoms with Gasteiger partial charge in [0.25, 0.3) is 0 Å². The minimum Gasteiger partial charge on any atom is -0.475 e. The Kier molecular flexibility index (Phi) is 12.7. The fraction of sp³-hybridized carbons (Fsp3) is 0.412. The van der Waals surface area contributed by atoms with E-state index in [0.29, 0.717) is 19.1 Å². The molecule has 0 spiro atoms. The summed E-state index contributed by atoms with van der Waals surface area (Å²) in [6.45, 7) is 3.84. The topological polar surface area (TPSA) is 53.5 Å². The number of halogens is 3. The van der Waals surface area contributed by atoms with Gasteiger partial charge in [-0.1, -0.05) is 26.0 Å². The Morgan fingerprint density at radius 1 is 0.840 bits per heavy atom. The summed E-state index contributed by atoms with van der Waals surface area (Å²) in [6, 6.07) is 10.1. The molecule has 0 aliphatic carbocycles. The average Bonchev–Trinajstić information content (AvgIpc) is 2.64. The number of hydrogen-bond acceptors (Lipinski definition) is 5. The van der Waals surface area contributed by atoms with E-state index < -0.39 is 12.8 Å². The number of hydrogen-bond donors (Lipinski definition) is 0. The first-order valence-corrected chi connectivity index (χ1v) is 7.64. The Balaban J connectivity index is 0.000000421. The van der Waals surface area contributed by atoms with Crippen molar-refractivity contribution in [3.05, 3.63) is 48.8 Å². The van der Waals surface area contributed by atoms with Crippen LogP contribution in [-0.2, 0) is 4.74 Å². The maximum Gasteiger partial charge on any atom is 0.422 e. The van der Waals surface area contributed by atoms with Crippen LogP contribution in [0.25, 0.3) is 0 Å². The molecule has 2 aromatic rings. The summed E-state index contributed by atoms with van der Waals surface area (Å²) >= 11 is 0. The zero-order valence-corrected chi connectivity index (χ0v) is 14.5. The van der Waals surface area contributed by atoms with Crippen LogP contribution in [0, 0.1) is 0 Å². The van der Waals surface area contributed by atoms with Gasteiger partial charge >= 0.3 is 6.18 Å². The highest BCUT2D eigenvalue weighted by molar-refractivity contribution is 5.09. The van der Waals surface area contributed by atoms with Crippen molar-refractivity contribution in [3.63, 3.8) is 0 Å². The molecule has 0 aromatic carbocycles. The molecule has 8 heteroatoms. The molecule has 0 aliphatic heterocycles. The van der Waals surface area contributed by atoms with Crippen molar-refractivity contribution < 1.29 is 27.4 Å². The van der Waals surface area contributed by atoms with E-state index in [-0.39, 0.29) is 5.88 Å². The number of aromatic nitrogens is 2. The summed E-state index contributed by atoms with van der Waals surface area (Å²) in [5.41, 5.74) is 0. The zero-order chi connectivity index (χ0) is 19.0. The molecule has 0 fully saturated rings. The van der Waals surface area contributed by atoms with Gasteiger partial charge in [-0.05, 0) is 12.1 Å². The molecule has 0 saturated heterocycles. The Hall–Kier alpha value is -2.35. The lowest BCUT2D eigenvalue weighted by Gasteiger charge is -2.06. The van der Waals surface area contributed by atoms with Gasteiger partial charge in [0.15, 0.2) is 6.61 Å². The van der Waals surface area contributed by atoms with Crippen molar-refractivity contribution in [3.8, 4) is 11.8 Å². The molecule has 0 amide bonds. The molecule has 5 nitrogen and oxygen atoms in total. The van der Waals surface area contributed by atoms with Crippen LogP contribution in [0.15, 0.2) is 48.8 Å². The van der Waals surface area contributed by atoms with Crippen LogP contribution >= 0.6 is 0 Å². The number of methoxy groups -OCH3 is 1. The predicted molar refractivity (Wildman–Crippen MR) is 88.7 cm³/mol. The van der Waals surface area contributed by atoms with Crippen molar-refractivity contribution >= 4 is 0 Å². The van der Waals surface area contributed by atoms with Crippen LogP contribution in [0.5, 0.6) is 11.8 Å². The lowest BCUT2D eigenvalue weighted by atomic mass is 10.5. The van der Waals surface area contributed by atoms with Gasteiger partial charge in [0.1, 0.15) is 6.61 Å². The van der Waals surface area contributed by atoms with Gasteiger partial charge in [0.2, 0.25) is 11.8 Å². The number of rotatable bonds is 6. The Bertz CT molecular complexity index is 526. The van der Waals surface area contributed by atoms with E-state index in [1.807, 2.05) is 32.0 Å². The summed E-state index contributed by atoms with van der Waals surface area (Å²) in [7, 11) is 1.64. The molecule has 2 rings (SSSR count). The van der Waals surface area contributed by atoms with Crippen LogP contribution in [0.4, 0.5) is 13.2 Å². The van der Waals surface area contributed by atoms with Crippen molar-refractivity contribution in [2.75, 3.05) is 26.9 Å². The lowest BCUT2D eigenvalue weighted by molar-refractivity contribution is -0.154. The van der Waals surface area contributed by atoms with E-state index in [2.05, 4.69) is 14.7 Å². The molecule has 0 bridgehead atoms. The quantitative estimate of drug-likeness (QED) is 0.724. The monoisotopic (exact) mass is 360 g/mol. The lowest BCUT2D eigenvalue weighted by Crippen LogP contribution is -2.19. The second-order valence-electron chi connectivity index (χ2n) is 4.08. The molecule has 0 N–H and O–H groups in total. The van der Waals surface area contributed by atoms with Gasteiger partial charge in [-0.15, -0.1) is 0 Å². The van der Waals surface area contributed by atoms with Crippen LogP contribution in [-0.4, -0.2) is 43.1 Å². The highest BCUT2D eigenvalue weighted by Crippen LogP contribution is 2.16. The summed E-state index contributed by atoms with van der Waals surface area (Å²) in [5.74, 6) is 0.624. The van der Waals surface area contributed by atoms with Crippen LogP contribution in [0.1, 0.15) is 13.8 Å². The normalized spacial score (nSPS) is 9.84. The first-order valence-electron chi connectivity index (χ1n) is 7.64. The van der Waals surface area contributed by atoms with E-state index in [4.69, 9.17) is 9.47 Å². The van der Waals surface area contributed by atoms with Crippen LogP contribution < -0.4 is 9.47 Å². The molecule has 0 unspecified atom stereocenters. The Labute approximate surface area is 145 Å². The van der Waals surface area contributed by atoms with Gasteiger partial charge in [0.05, 0.1) is 6.61 Å². The van der Waals surface area contributed by atoms with Gasteiger partial charge in [-0.2, -0.15) is 13.2 Å². The van der Waals surface area contributed by atoms with Crippen molar-refractivity contribution in [1.29, 1.82) is 0 Å². The Morgan fingerprint density at radius 2 is 1.36 bits per heavy atom. The second-order valence-corrected chi connectivity index (χ2v) is 4.08. The summed E-state index contributed by atoms with van der Waals surface area (Å²) in [5, 5.41) is 0. The van der Waals surface area contributed by atoms with Gasteiger partial charge in [0, 0.05) is 31.6 Å². The maximum atomic E-state index is 11.6. The van der Waals surface area contributed by atoms with Gasteiger partial charge in [-0.25, -0.2) is 9.97 Å². The summed E-state index contributed by atoms with van der Waals surface area (Å²) in [6.07, 6.45) is -1.24. The SMILES string of the molecule is CC.COCCOc1ccccn1.FC(F)(F)COc1ccccn1. The summed E-state index contributed by atoms with van der Waals surface area (Å²) < 4.78 is 49.1. The Morgan fingerprint density at radius 3 is 1.76 bits per heavy atom. The third-order valence-electron chi connectivity index (χ3n) is 2.20. The zero-order valence-electron chi connectivity index (χ0n) is 14.5. The average molecular weight is 360 g/mol. The first-order chi connectivity index (χ1) is 12.0. The molecule has 25 heavy (non-hydrogen) atoms. The number of pyridine rings is 2. The third kappa shape index (κ3) is 13.8. The van der Waals surface area contributed by atoms with Gasteiger partial charge in [-0.3, -0.25) is 0 Å². The molecule has 0 aliphatic rings. The standard InChI is InChI=1S/C8H11NO2.C7H6F3NO.C2H6/c1-10-6-7-11-8-4-2-3-5-9-8;8-7(9,10)5-12-6-3-1-2-4-11-6;1-2/h2-5H,6-7H2,1H3;1-4H,5H2;1-2H3. The fourth-order valence-corrected chi connectivity index (χ4v) is 1.25. The minimum atomic E-state index is -4.31. The van der Waals surface area contributed by atoms with Crippen LogP contribution in [0.2, 0.25) is 0 Å². The largest absolute Gasteiger partial charge is 0.475 e. The number of alkyl halides is 3. The predicted octanol–water partition coefficient (Wildman–Crippen LogP) is 4.16. The second kappa shape index (κ2) is 14.0. The van der Waals surface area contributed by atoms with Gasteiger partial charge < -0.3 is 14.2 Å². The molecular formula is C17H23F3N2O3. The molecule has 2 aromatic heterocycles. The van der Waals surface area contributed by atoms with E-state index in [9.17, 15) is 13.2 Å². The molecule has 140 valence electrons. The summed E-state index contributed by atoms with van der Waals surface area (Å²) in [4.78, 5) is 7.53. The molecule has 2 heterocycles. The molecule has 0 radical (unpaired) electrons. The van der Waals surface area contributed by atoms with Crippen LogP contribution in [0.3, 0.4) is 0 Å². The van der Waals surface area contributed by atoms with E-state index in [0.717, 1.165) is 0 Å². The van der Waals surface area contributed by atoms with Crippen molar-refractivity contribution in [2.45, 2.75) is 20.0 Å². The highest BCUT2D eigenvalue weighted by Gasteiger charge is 2.28. The smallest absolute Gasteiger partial charge is 0.422 e. The van der Waals surface area contributed by atoms with E-state index >= 15 is 0 Å². The number of ether oxygens (including phenoxy) is 3. The first kappa shape index (κ1) is 22.6. The van der Waals surface area contributed by atoms with Crippen molar-refractivity contribution in [2.24, 2.45) is 0 Å². The fourth-order valence-electron chi connectivity index (χ4n) is 1.25. The third-order valence-corrected chi connectivity index (χ3v) is 2.20. The van der Waals surface area contributed by atoms with Crippen molar-refractivity contribution in [1.82, 2.24) is 9.97 Å². The maximum absolute atomic E-state index is 11.6. The van der Waals surface area contributed by atoms with E-state index in [1.165, 1.54) is 12.3 Å². The number of nitrogens with zero attached hydrogens (tertiary/aromatic N) is 2. The van der Waals surface area contributed by atoms with E-state index in [1.54, 1.807) is 25.4 Å². The molecule has 0 atom stereocenters. The molecule has 0 saturated carbocycles. The minimum absolute atomic E-state index is 0.0187. The highest BCUT2D eigenvalue weighted by atomic mass is 19.4. The molecular weight excluding hydrogens is 337 g/mol.